The Bertz CT molecular complexity index is 198. The molecule has 0 heterocycles. The Morgan fingerprint density at radius 1 is 1.31 bits per heavy atom. The van der Waals surface area contributed by atoms with Crippen LogP contribution in [-0.4, -0.2) is 29.3 Å². The van der Waals surface area contributed by atoms with Gasteiger partial charge in [-0.2, -0.15) is 0 Å². The van der Waals surface area contributed by atoms with Gasteiger partial charge in [-0.05, 0) is 32.2 Å². The molecule has 13 heavy (non-hydrogen) atoms. The summed E-state index contributed by atoms with van der Waals surface area (Å²) in [5.74, 6) is 0.500. The quantitative estimate of drug-likeness (QED) is 0.663. The summed E-state index contributed by atoms with van der Waals surface area (Å²) in [6.07, 6.45) is 6.95. The third-order valence-electron chi connectivity index (χ3n) is 3.30. The first-order valence-electron chi connectivity index (χ1n) is 5.61. The van der Waals surface area contributed by atoms with Gasteiger partial charge in [0.15, 0.2) is 0 Å². The van der Waals surface area contributed by atoms with Gasteiger partial charge >= 0.3 is 0 Å². The predicted octanol–water partition coefficient (Wildman–Crippen LogP) is 1.98. The minimum absolute atomic E-state index is 0.284. The van der Waals surface area contributed by atoms with E-state index in [2.05, 4.69) is 11.8 Å². The van der Waals surface area contributed by atoms with Crippen LogP contribution in [0.5, 0.6) is 0 Å². The number of carbonyl (C=O) groups excluding carboxylic acids is 1. The normalized spacial score (nSPS) is 29.7. The molecule has 0 radical (unpaired) electrons. The molecule has 2 saturated carbocycles. The first-order valence-corrected chi connectivity index (χ1v) is 5.61. The molecule has 1 unspecified atom stereocenters. The van der Waals surface area contributed by atoms with E-state index < -0.39 is 0 Å². The maximum Gasteiger partial charge on any atom is 0.149 e. The van der Waals surface area contributed by atoms with Gasteiger partial charge in [0.05, 0.1) is 6.04 Å². The first kappa shape index (κ1) is 9.20. The second kappa shape index (κ2) is 3.79. The van der Waals surface area contributed by atoms with Gasteiger partial charge in [0.1, 0.15) is 5.78 Å². The van der Waals surface area contributed by atoms with E-state index >= 15 is 0 Å². The molecule has 74 valence electrons. The fraction of sp³-hybridized carbons (Fsp3) is 0.909. The molecule has 2 rings (SSSR count). The van der Waals surface area contributed by atoms with Crippen molar-refractivity contribution in [1.82, 2.24) is 4.90 Å². The molecule has 0 aromatic rings. The number of likely N-dealkylation sites (N-methyl/N-ethyl adjacent to an activating group) is 1. The lowest BCUT2D eigenvalue weighted by Gasteiger charge is -2.32. The molecule has 2 fully saturated rings. The van der Waals surface area contributed by atoms with Crippen molar-refractivity contribution >= 4 is 5.78 Å². The molecule has 0 spiro atoms. The van der Waals surface area contributed by atoms with Crippen LogP contribution in [0.15, 0.2) is 0 Å². The van der Waals surface area contributed by atoms with Crippen LogP contribution in [0.3, 0.4) is 0 Å². The zero-order chi connectivity index (χ0) is 9.26. The topological polar surface area (TPSA) is 20.3 Å². The van der Waals surface area contributed by atoms with Crippen LogP contribution >= 0.6 is 0 Å². The molecule has 0 saturated heterocycles. The zero-order valence-electron chi connectivity index (χ0n) is 8.46. The molecule has 0 amide bonds. The highest BCUT2D eigenvalue weighted by Crippen LogP contribution is 2.31. The van der Waals surface area contributed by atoms with E-state index in [-0.39, 0.29) is 6.04 Å². The fourth-order valence-electron chi connectivity index (χ4n) is 2.45. The molecule has 0 aliphatic heterocycles. The van der Waals surface area contributed by atoms with Crippen molar-refractivity contribution in [2.75, 3.05) is 6.54 Å². The summed E-state index contributed by atoms with van der Waals surface area (Å²) in [6.45, 7) is 3.24. The van der Waals surface area contributed by atoms with Crippen molar-refractivity contribution in [1.29, 1.82) is 0 Å². The Morgan fingerprint density at radius 2 is 2.08 bits per heavy atom. The molecule has 2 aliphatic carbocycles. The number of rotatable bonds is 3. The predicted molar refractivity (Wildman–Crippen MR) is 52.7 cm³/mol. The summed E-state index contributed by atoms with van der Waals surface area (Å²) in [5, 5.41) is 0. The van der Waals surface area contributed by atoms with E-state index in [0.29, 0.717) is 5.78 Å². The third kappa shape index (κ3) is 1.93. The van der Waals surface area contributed by atoms with E-state index in [1.54, 1.807) is 0 Å². The van der Waals surface area contributed by atoms with Gasteiger partial charge in [-0.25, -0.2) is 0 Å². The standard InChI is InChI=1S/C11H19NO/c1-2-12(9-7-8-9)10-5-3-4-6-11(10)13/h9-10H,2-8H2,1H3. The monoisotopic (exact) mass is 181 g/mol. The molecule has 1 atom stereocenters. The second-order valence-electron chi connectivity index (χ2n) is 4.29. The van der Waals surface area contributed by atoms with Crippen molar-refractivity contribution in [2.24, 2.45) is 0 Å². The Balaban J connectivity index is 1.98. The lowest BCUT2D eigenvalue weighted by molar-refractivity contribution is -0.126. The van der Waals surface area contributed by atoms with Crippen LogP contribution in [0.25, 0.3) is 0 Å². The summed E-state index contributed by atoms with van der Waals surface area (Å²) in [5.41, 5.74) is 0. The average Bonchev–Trinajstić information content (AvgIpc) is 2.93. The average molecular weight is 181 g/mol. The van der Waals surface area contributed by atoms with Crippen molar-refractivity contribution < 1.29 is 4.79 Å². The van der Waals surface area contributed by atoms with Crippen molar-refractivity contribution in [2.45, 2.75) is 57.5 Å². The van der Waals surface area contributed by atoms with Gasteiger partial charge in [-0.3, -0.25) is 9.69 Å². The Hall–Kier alpha value is -0.370. The summed E-state index contributed by atoms with van der Waals surface area (Å²) in [6, 6.07) is 1.03. The van der Waals surface area contributed by atoms with Crippen molar-refractivity contribution in [3.63, 3.8) is 0 Å². The van der Waals surface area contributed by atoms with E-state index in [9.17, 15) is 4.79 Å². The van der Waals surface area contributed by atoms with Crippen LogP contribution < -0.4 is 0 Å². The zero-order valence-corrected chi connectivity index (χ0v) is 8.46. The van der Waals surface area contributed by atoms with Gasteiger partial charge in [-0.1, -0.05) is 13.3 Å². The lowest BCUT2D eigenvalue weighted by Crippen LogP contribution is -2.44. The van der Waals surface area contributed by atoms with Gasteiger partial charge in [0.25, 0.3) is 0 Å². The lowest BCUT2D eigenvalue weighted by atomic mass is 9.93. The molecule has 0 bridgehead atoms. The Morgan fingerprint density at radius 3 is 2.62 bits per heavy atom. The number of hydrogen-bond acceptors (Lipinski definition) is 2. The largest absolute Gasteiger partial charge is 0.298 e. The molecule has 2 nitrogen and oxygen atoms in total. The molecule has 0 aromatic carbocycles. The summed E-state index contributed by atoms with van der Waals surface area (Å²) >= 11 is 0. The van der Waals surface area contributed by atoms with Gasteiger partial charge < -0.3 is 0 Å². The molecule has 0 N–H and O–H groups in total. The smallest absolute Gasteiger partial charge is 0.149 e. The number of carbonyl (C=O) groups is 1. The van der Waals surface area contributed by atoms with Crippen LogP contribution in [0.1, 0.15) is 45.4 Å². The molecule has 2 aliphatic rings. The van der Waals surface area contributed by atoms with E-state index in [4.69, 9.17) is 0 Å². The number of Topliss-reactive ketones (excluding diaryl/α,β-unsaturated/α-hetero) is 1. The molecular weight excluding hydrogens is 162 g/mol. The van der Waals surface area contributed by atoms with E-state index in [1.165, 1.54) is 19.3 Å². The SMILES string of the molecule is CCN(C1CC1)C1CCCCC1=O. The van der Waals surface area contributed by atoms with Gasteiger partial charge in [0, 0.05) is 12.5 Å². The maximum absolute atomic E-state index is 11.7. The highest BCUT2D eigenvalue weighted by Gasteiger charge is 2.36. The maximum atomic E-state index is 11.7. The molecule has 2 heteroatoms. The summed E-state index contributed by atoms with van der Waals surface area (Å²) in [4.78, 5) is 14.1. The highest BCUT2D eigenvalue weighted by molar-refractivity contribution is 5.84. The molecule has 0 aromatic heterocycles. The van der Waals surface area contributed by atoms with Crippen molar-refractivity contribution in [3.05, 3.63) is 0 Å². The number of hydrogen-bond donors (Lipinski definition) is 0. The Kier molecular flexibility index (Phi) is 2.68. The third-order valence-corrected chi connectivity index (χ3v) is 3.30. The van der Waals surface area contributed by atoms with Crippen LogP contribution in [-0.2, 0) is 4.79 Å². The van der Waals surface area contributed by atoms with Crippen molar-refractivity contribution in [3.8, 4) is 0 Å². The van der Waals surface area contributed by atoms with Crippen LogP contribution in [0.4, 0.5) is 0 Å². The highest BCUT2D eigenvalue weighted by atomic mass is 16.1. The second-order valence-corrected chi connectivity index (χ2v) is 4.29. The molecular formula is C11H19NO. The minimum atomic E-state index is 0.284. The Labute approximate surface area is 80.3 Å². The van der Waals surface area contributed by atoms with Crippen LogP contribution in [0, 0.1) is 0 Å². The first-order chi connectivity index (χ1) is 6.33. The minimum Gasteiger partial charge on any atom is -0.298 e. The van der Waals surface area contributed by atoms with Gasteiger partial charge in [0.2, 0.25) is 0 Å². The number of nitrogens with zero attached hydrogens (tertiary/aromatic N) is 1. The van der Waals surface area contributed by atoms with Gasteiger partial charge in [-0.15, -0.1) is 0 Å². The van der Waals surface area contributed by atoms with Crippen LogP contribution in [0.2, 0.25) is 0 Å². The van der Waals surface area contributed by atoms with E-state index in [1.807, 2.05) is 0 Å². The number of ketones is 1. The van der Waals surface area contributed by atoms with E-state index in [0.717, 1.165) is 31.8 Å². The fourth-order valence-corrected chi connectivity index (χ4v) is 2.45. The summed E-state index contributed by atoms with van der Waals surface area (Å²) in [7, 11) is 0. The summed E-state index contributed by atoms with van der Waals surface area (Å²) < 4.78 is 0.